The summed E-state index contributed by atoms with van der Waals surface area (Å²) in [4.78, 5) is 20.9. The topological polar surface area (TPSA) is 94.8 Å². The van der Waals surface area contributed by atoms with Gasteiger partial charge in [-0.2, -0.15) is 0 Å². The molecule has 0 aromatic carbocycles. The van der Waals surface area contributed by atoms with Gasteiger partial charge in [0, 0.05) is 5.57 Å². The number of aliphatic hydroxyl groups excluding tert-OH is 1. The Balaban J connectivity index is 2.87. The second-order valence-electron chi connectivity index (χ2n) is 2.62. The Bertz CT molecular complexity index is 255. The molecule has 0 radical (unpaired) electrons. The summed E-state index contributed by atoms with van der Waals surface area (Å²) in [5.41, 5.74) is -0.227. The first-order valence-electron chi connectivity index (χ1n) is 3.38. The van der Waals surface area contributed by atoms with Crippen LogP contribution in [0.5, 0.6) is 0 Å². The Morgan fingerprint density at radius 3 is 2.33 bits per heavy atom. The van der Waals surface area contributed by atoms with Gasteiger partial charge in [0.2, 0.25) is 0 Å². The van der Waals surface area contributed by atoms with Crippen LogP contribution in [0.2, 0.25) is 0 Å². The molecule has 1 unspecified atom stereocenters. The summed E-state index contributed by atoms with van der Waals surface area (Å²) in [7, 11) is 0. The van der Waals surface area contributed by atoms with Crippen LogP contribution in [0.1, 0.15) is 6.42 Å². The third-order valence-electron chi connectivity index (χ3n) is 1.77. The zero-order chi connectivity index (χ0) is 9.30. The molecule has 12 heavy (non-hydrogen) atoms. The van der Waals surface area contributed by atoms with Crippen LogP contribution in [-0.4, -0.2) is 33.4 Å². The summed E-state index contributed by atoms with van der Waals surface area (Å²) in [5, 5.41) is 26.0. The molecule has 0 amide bonds. The minimum atomic E-state index is -1.28. The Morgan fingerprint density at radius 1 is 1.42 bits per heavy atom. The molecule has 1 aliphatic rings. The van der Waals surface area contributed by atoms with E-state index in [0.29, 0.717) is 0 Å². The number of rotatable bonds is 2. The number of aliphatic carboxylic acids is 2. The Kier molecular flexibility index (Phi) is 2.14. The predicted octanol–water partition coefficient (Wildman–Crippen LogP) is -0.537. The summed E-state index contributed by atoms with van der Waals surface area (Å²) >= 11 is 0. The van der Waals surface area contributed by atoms with Crippen molar-refractivity contribution in [3.8, 4) is 0 Å². The quantitative estimate of drug-likeness (QED) is 0.520. The van der Waals surface area contributed by atoms with Crippen LogP contribution >= 0.6 is 0 Å². The van der Waals surface area contributed by atoms with Crippen molar-refractivity contribution in [1.29, 1.82) is 0 Å². The molecule has 0 aromatic heterocycles. The molecule has 0 aromatic rings. The minimum absolute atomic E-state index is 0.0447. The maximum atomic E-state index is 10.4. The molecular formula is C7H8O5. The second-order valence-corrected chi connectivity index (χ2v) is 2.62. The van der Waals surface area contributed by atoms with Gasteiger partial charge in [-0.15, -0.1) is 0 Å². The van der Waals surface area contributed by atoms with E-state index in [1.165, 1.54) is 0 Å². The van der Waals surface area contributed by atoms with Crippen molar-refractivity contribution in [3.63, 3.8) is 0 Å². The largest absolute Gasteiger partial charge is 0.481 e. The highest BCUT2D eigenvalue weighted by Crippen LogP contribution is 2.26. The summed E-state index contributed by atoms with van der Waals surface area (Å²) in [6.07, 6.45) is 0.0788. The highest BCUT2D eigenvalue weighted by molar-refractivity contribution is 5.94. The van der Waals surface area contributed by atoms with Gasteiger partial charge in [0.15, 0.2) is 0 Å². The lowest BCUT2D eigenvalue weighted by Crippen LogP contribution is -2.18. The molecular weight excluding hydrogens is 164 g/mol. The SMILES string of the molecule is O=C(O)C1=CC(O)C[C@H]1C(=O)O. The van der Waals surface area contributed by atoms with Gasteiger partial charge in [-0.05, 0) is 12.5 Å². The fraction of sp³-hybridized carbons (Fsp3) is 0.429. The molecule has 0 saturated carbocycles. The van der Waals surface area contributed by atoms with E-state index in [1.54, 1.807) is 0 Å². The predicted molar refractivity (Wildman–Crippen MR) is 37.5 cm³/mol. The van der Waals surface area contributed by atoms with Crippen LogP contribution in [0.4, 0.5) is 0 Å². The van der Waals surface area contributed by atoms with E-state index in [-0.39, 0.29) is 12.0 Å². The van der Waals surface area contributed by atoms with Gasteiger partial charge in [-0.1, -0.05) is 0 Å². The first-order valence-corrected chi connectivity index (χ1v) is 3.38. The normalized spacial score (nSPS) is 28.2. The van der Waals surface area contributed by atoms with E-state index < -0.39 is 24.0 Å². The third kappa shape index (κ3) is 1.45. The molecule has 0 aliphatic heterocycles. The van der Waals surface area contributed by atoms with Crippen molar-refractivity contribution in [3.05, 3.63) is 11.6 Å². The lowest BCUT2D eigenvalue weighted by atomic mass is 10.0. The lowest BCUT2D eigenvalue weighted by molar-refractivity contribution is -0.143. The summed E-state index contributed by atoms with van der Waals surface area (Å²) in [6.45, 7) is 0. The summed E-state index contributed by atoms with van der Waals surface area (Å²) in [5.74, 6) is -3.56. The van der Waals surface area contributed by atoms with Crippen LogP contribution in [0, 0.1) is 5.92 Å². The van der Waals surface area contributed by atoms with E-state index in [0.717, 1.165) is 6.08 Å². The van der Waals surface area contributed by atoms with Crippen molar-refractivity contribution in [1.82, 2.24) is 0 Å². The fourth-order valence-electron chi connectivity index (χ4n) is 1.21. The van der Waals surface area contributed by atoms with E-state index in [2.05, 4.69) is 0 Å². The average Bonchev–Trinajstić information content (AvgIpc) is 2.31. The zero-order valence-corrected chi connectivity index (χ0v) is 6.10. The number of carboxylic acid groups (broad SMARTS) is 2. The van der Waals surface area contributed by atoms with E-state index in [1.807, 2.05) is 0 Å². The highest BCUT2D eigenvalue weighted by atomic mass is 16.4. The van der Waals surface area contributed by atoms with Crippen LogP contribution in [0.25, 0.3) is 0 Å². The maximum absolute atomic E-state index is 10.4. The van der Waals surface area contributed by atoms with Crippen molar-refractivity contribution in [2.24, 2.45) is 5.92 Å². The maximum Gasteiger partial charge on any atom is 0.332 e. The van der Waals surface area contributed by atoms with Gasteiger partial charge in [0.05, 0.1) is 12.0 Å². The molecule has 5 heteroatoms. The molecule has 1 rings (SSSR count). The number of aliphatic hydroxyl groups is 1. The smallest absolute Gasteiger partial charge is 0.332 e. The molecule has 0 spiro atoms. The number of carboxylic acids is 2. The van der Waals surface area contributed by atoms with E-state index in [4.69, 9.17) is 15.3 Å². The van der Waals surface area contributed by atoms with Crippen LogP contribution < -0.4 is 0 Å². The molecule has 2 atom stereocenters. The number of hydrogen-bond donors (Lipinski definition) is 3. The monoisotopic (exact) mass is 172 g/mol. The van der Waals surface area contributed by atoms with E-state index in [9.17, 15) is 9.59 Å². The molecule has 0 heterocycles. The first-order chi connectivity index (χ1) is 5.52. The van der Waals surface area contributed by atoms with E-state index >= 15 is 0 Å². The van der Waals surface area contributed by atoms with Crippen molar-refractivity contribution in [2.75, 3.05) is 0 Å². The molecule has 5 nitrogen and oxygen atoms in total. The second kappa shape index (κ2) is 2.94. The fourth-order valence-corrected chi connectivity index (χ4v) is 1.21. The van der Waals surface area contributed by atoms with Gasteiger partial charge < -0.3 is 15.3 Å². The zero-order valence-electron chi connectivity index (χ0n) is 6.10. The van der Waals surface area contributed by atoms with Crippen molar-refractivity contribution in [2.45, 2.75) is 12.5 Å². The molecule has 3 N–H and O–H groups in total. The lowest BCUT2D eigenvalue weighted by Gasteiger charge is -2.04. The number of hydrogen-bond acceptors (Lipinski definition) is 3. The van der Waals surface area contributed by atoms with Gasteiger partial charge in [-0.3, -0.25) is 4.79 Å². The van der Waals surface area contributed by atoms with Gasteiger partial charge in [0.1, 0.15) is 0 Å². The molecule has 1 aliphatic carbocycles. The average molecular weight is 172 g/mol. The molecule has 66 valence electrons. The van der Waals surface area contributed by atoms with Crippen molar-refractivity contribution >= 4 is 11.9 Å². The van der Waals surface area contributed by atoms with Crippen molar-refractivity contribution < 1.29 is 24.9 Å². The molecule has 0 fully saturated rings. The Labute approximate surface area is 67.9 Å². The van der Waals surface area contributed by atoms with Crippen LogP contribution in [0.15, 0.2) is 11.6 Å². The minimum Gasteiger partial charge on any atom is -0.481 e. The Morgan fingerprint density at radius 2 is 2.00 bits per heavy atom. The van der Waals surface area contributed by atoms with Gasteiger partial charge in [0.25, 0.3) is 0 Å². The number of carbonyl (C=O) groups is 2. The standard InChI is InChI=1S/C7H8O5/c8-3-1-4(6(9)10)5(2-3)7(11)12/h1,3,5,8H,2H2,(H,9,10)(H,11,12)/t3?,5-/m1/s1. The third-order valence-corrected chi connectivity index (χ3v) is 1.77. The first kappa shape index (κ1) is 8.73. The Hall–Kier alpha value is -1.36. The van der Waals surface area contributed by atoms with Crippen LogP contribution in [-0.2, 0) is 9.59 Å². The van der Waals surface area contributed by atoms with Gasteiger partial charge in [-0.25, -0.2) is 4.79 Å². The molecule has 0 bridgehead atoms. The van der Waals surface area contributed by atoms with Gasteiger partial charge >= 0.3 is 11.9 Å². The summed E-state index contributed by atoms with van der Waals surface area (Å²) < 4.78 is 0. The highest BCUT2D eigenvalue weighted by Gasteiger charge is 2.34. The molecule has 0 saturated heterocycles. The summed E-state index contributed by atoms with van der Waals surface area (Å²) in [6, 6.07) is 0. The van der Waals surface area contributed by atoms with Crippen LogP contribution in [0.3, 0.4) is 0 Å².